The summed E-state index contributed by atoms with van der Waals surface area (Å²) in [6.45, 7) is 1.96. The second-order valence-corrected chi connectivity index (χ2v) is 8.66. The van der Waals surface area contributed by atoms with E-state index in [1.807, 2.05) is 18.2 Å². The number of carbonyl (C=O) groups excluding carboxylic acids is 3. The van der Waals surface area contributed by atoms with E-state index in [9.17, 15) is 19.6 Å². The number of methoxy groups -OCH3 is 1. The van der Waals surface area contributed by atoms with Crippen molar-refractivity contribution in [2.75, 3.05) is 38.6 Å². The van der Waals surface area contributed by atoms with Crippen molar-refractivity contribution >= 4 is 34.4 Å². The van der Waals surface area contributed by atoms with Gasteiger partial charge in [-0.3, -0.25) is 14.7 Å². The average Bonchev–Trinajstić information content (AvgIpc) is 3.54. The highest BCUT2D eigenvalue weighted by Gasteiger charge is 2.31. The smallest absolute Gasteiger partial charge is 0.352 e. The molecule has 1 aromatic heterocycles. The number of hydrogen-bond donors (Lipinski definition) is 3. The van der Waals surface area contributed by atoms with Crippen LogP contribution < -0.4 is 10.6 Å². The number of H-pyrrole nitrogens is 1. The predicted molar refractivity (Wildman–Crippen MR) is 128 cm³/mol. The van der Waals surface area contributed by atoms with E-state index < -0.39 is 12.0 Å². The number of nitrogens with zero attached hydrogens (tertiary/aromatic N) is 4. The van der Waals surface area contributed by atoms with E-state index in [0.717, 1.165) is 44.2 Å². The summed E-state index contributed by atoms with van der Waals surface area (Å²) < 4.78 is 4.80. The molecule has 2 aromatic rings. The van der Waals surface area contributed by atoms with Gasteiger partial charge in [0.2, 0.25) is 11.8 Å². The van der Waals surface area contributed by atoms with Crippen molar-refractivity contribution in [1.29, 1.82) is 5.26 Å². The Labute approximate surface area is 203 Å². The minimum Gasteiger partial charge on any atom is -0.465 e. The first kappa shape index (κ1) is 24.1. The quantitative estimate of drug-likeness (QED) is 0.308. The number of hydrogen-bond acceptors (Lipinski definition) is 8. The second-order valence-electron chi connectivity index (χ2n) is 8.66. The van der Waals surface area contributed by atoms with Crippen molar-refractivity contribution in [3.8, 4) is 6.07 Å². The molecule has 0 unspecified atom stereocenters. The van der Waals surface area contributed by atoms with E-state index >= 15 is 0 Å². The van der Waals surface area contributed by atoms with Gasteiger partial charge < -0.3 is 25.2 Å². The Bertz CT molecular complexity index is 1180. The molecule has 0 bridgehead atoms. The molecular weight excluding hydrogens is 450 g/mol. The molecule has 11 nitrogen and oxygen atoms in total. The summed E-state index contributed by atoms with van der Waals surface area (Å²) >= 11 is 0. The van der Waals surface area contributed by atoms with Gasteiger partial charge >= 0.3 is 5.97 Å². The highest BCUT2D eigenvalue weighted by Crippen LogP contribution is 2.23. The zero-order chi connectivity index (χ0) is 24.8. The predicted octanol–water partition coefficient (Wildman–Crippen LogP) is 1.48. The monoisotopic (exact) mass is 479 g/mol. The van der Waals surface area contributed by atoms with Crippen molar-refractivity contribution in [2.24, 2.45) is 0 Å². The number of nitrogens with one attached hydrogen (secondary N) is 3. The number of rotatable bonds is 7. The Hall–Kier alpha value is -4.07. The lowest BCUT2D eigenvalue weighted by Crippen LogP contribution is -2.49. The van der Waals surface area contributed by atoms with E-state index in [1.165, 1.54) is 7.11 Å². The van der Waals surface area contributed by atoms with Crippen LogP contribution in [0, 0.1) is 11.3 Å². The molecular formula is C24H29N7O4. The number of carbonyl (C=O) groups is 3. The molecule has 11 heteroatoms. The molecule has 2 aliphatic heterocycles. The molecule has 0 radical (unpaired) electrons. The van der Waals surface area contributed by atoms with E-state index in [4.69, 9.17) is 4.74 Å². The SMILES string of the molecule is COC(=O)/C(C#N)=C(\Nc1cccc2cn[nH]c12)N[C@H]1CCCCN(CC(=O)N2CCCC2)C1=O. The van der Waals surface area contributed by atoms with Crippen LogP contribution in [0.4, 0.5) is 5.69 Å². The Balaban J connectivity index is 1.59. The zero-order valence-corrected chi connectivity index (χ0v) is 19.7. The van der Waals surface area contributed by atoms with Crippen LogP contribution in [0.5, 0.6) is 0 Å². The van der Waals surface area contributed by atoms with Crippen LogP contribution in [0.15, 0.2) is 35.8 Å². The van der Waals surface area contributed by atoms with Crippen LogP contribution in [-0.2, 0) is 19.1 Å². The zero-order valence-electron chi connectivity index (χ0n) is 19.7. The van der Waals surface area contributed by atoms with E-state index in [0.29, 0.717) is 24.2 Å². The van der Waals surface area contributed by atoms with Crippen LogP contribution in [-0.4, -0.2) is 77.1 Å². The first-order valence-corrected chi connectivity index (χ1v) is 11.8. The first-order chi connectivity index (χ1) is 17.0. The fourth-order valence-electron chi connectivity index (χ4n) is 4.48. The summed E-state index contributed by atoms with van der Waals surface area (Å²) in [5.41, 5.74) is 0.959. The van der Waals surface area contributed by atoms with Crippen LogP contribution in [0.1, 0.15) is 32.1 Å². The molecule has 2 aliphatic rings. The van der Waals surface area contributed by atoms with Gasteiger partial charge in [-0.2, -0.15) is 10.4 Å². The maximum Gasteiger partial charge on any atom is 0.352 e. The molecule has 2 fully saturated rings. The number of aromatic amines is 1. The summed E-state index contributed by atoms with van der Waals surface area (Å²) in [5, 5.41) is 23.7. The van der Waals surface area contributed by atoms with Gasteiger partial charge in [-0.1, -0.05) is 12.1 Å². The number of fused-ring (bicyclic) bond motifs is 1. The second kappa shape index (κ2) is 10.9. The van der Waals surface area contributed by atoms with E-state index in [2.05, 4.69) is 20.8 Å². The highest BCUT2D eigenvalue weighted by molar-refractivity contribution is 5.96. The minimum atomic E-state index is -0.832. The summed E-state index contributed by atoms with van der Waals surface area (Å²) in [4.78, 5) is 41.9. The number of benzene rings is 1. The van der Waals surface area contributed by atoms with Gasteiger partial charge in [0.05, 0.1) is 31.1 Å². The number of esters is 1. The summed E-state index contributed by atoms with van der Waals surface area (Å²) in [6, 6.07) is 6.61. The van der Waals surface area contributed by atoms with Crippen LogP contribution in [0.2, 0.25) is 0 Å². The summed E-state index contributed by atoms with van der Waals surface area (Å²) in [5.74, 6) is -1.06. The summed E-state index contributed by atoms with van der Waals surface area (Å²) in [6.07, 6.45) is 5.63. The van der Waals surface area contributed by atoms with Crippen LogP contribution in [0.3, 0.4) is 0 Å². The Morgan fingerprint density at radius 3 is 2.74 bits per heavy atom. The molecule has 35 heavy (non-hydrogen) atoms. The molecule has 0 saturated carbocycles. The van der Waals surface area contributed by atoms with Gasteiger partial charge in [0.1, 0.15) is 17.9 Å². The van der Waals surface area contributed by atoms with Gasteiger partial charge in [0, 0.05) is 25.0 Å². The molecule has 3 heterocycles. The van der Waals surface area contributed by atoms with Crippen molar-refractivity contribution in [2.45, 2.75) is 38.1 Å². The van der Waals surface area contributed by atoms with Gasteiger partial charge in [0.25, 0.3) is 0 Å². The number of aromatic nitrogens is 2. The maximum absolute atomic E-state index is 13.4. The van der Waals surface area contributed by atoms with Gasteiger partial charge in [-0.15, -0.1) is 0 Å². The number of para-hydroxylation sites is 1. The maximum atomic E-state index is 13.4. The van der Waals surface area contributed by atoms with E-state index in [1.54, 1.807) is 22.1 Å². The Kier molecular flexibility index (Phi) is 7.50. The lowest BCUT2D eigenvalue weighted by Gasteiger charge is -2.28. The fraction of sp³-hybridized carbons (Fsp3) is 0.458. The highest BCUT2D eigenvalue weighted by atomic mass is 16.5. The van der Waals surface area contributed by atoms with Crippen LogP contribution >= 0.6 is 0 Å². The third-order valence-electron chi connectivity index (χ3n) is 6.37. The summed E-state index contributed by atoms with van der Waals surface area (Å²) in [7, 11) is 1.19. The van der Waals surface area contributed by atoms with Gasteiger partial charge in [0.15, 0.2) is 5.57 Å². The van der Waals surface area contributed by atoms with Crippen molar-refractivity contribution in [3.05, 3.63) is 35.8 Å². The molecule has 1 aromatic carbocycles. The number of ether oxygens (including phenoxy) is 1. The third kappa shape index (κ3) is 5.37. The van der Waals surface area contributed by atoms with Crippen LogP contribution in [0.25, 0.3) is 10.9 Å². The van der Waals surface area contributed by atoms with E-state index in [-0.39, 0.29) is 29.8 Å². The van der Waals surface area contributed by atoms with Crippen molar-refractivity contribution < 1.29 is 19.1 Å². The number of nitriles is 1. The number of amides is 2. The van der Waals surface area contributed by atoms with Gasteiger partial charge in [-0.25, -0.2) is 4.79 Å². The normalized spacial score (nSPS) is 19.1. The topological polar surface area (TPSA) is 143 Å². The van der Waals surface area contributed by atoms with Crippen molar-refractivity contribution in [1.82, 2.24) is 25.3 Å². The standard InChI is InChI=1S/C24H29N7O4/c1-35-24(34)17(13-25)22(27-18-9-6-7-16-14-26-29-21(16)18)28-19-8-2-3-12-31(23(19)33)15-20(32)30-10-4-5-11-30/h6-7,9,14,19,27-28H,2-5,8,10-12,15H2,1H3,(H,26,29)/b22-17+/t19-/m0/s1. The number of anilines is 1. The minimum absolute atomic E-state index is 0.0268. The Morgan fingerprint density at radius 1 is 1.23 bits per heavy atom. The number of likely N-dealkylation sites (tertiary alicyclic amines) is 2. The molecule has 0 aliphatic carbocycles. The van der Waals surface area contributed by atoms with Gasteiger partial charge in [-0.05, 0) is 38.2 Å². The molecule has 2 amide bonds. The average molecular weight is 480 g/mol. The molecule has 3 N–H and O–H groups in total. The lowest BCUT2D eigenvalue weighted by atomic mass is 10.1. The lowest BCUT2D eigenvalue weighted by molar-refractivity contribution is -0.140. The Morgan fingerprint density at radius 2 is 2.00 bits per heavy atom. The molecule has 0 spiro atoms. The molecule has 1 atom stereocenters. The largest absolute Gasteiger partial charge is 0.465 e. The molecule has 2 saturated heterocycles. The first-order valence-electron chi connectivity index (χ1n) is 11.8. The molecule has 4 rings (SSSR count). The molecule has 184 valence electrons. The van der Waals surface area contributed by atoms with Crippen molar-refractivity contribution in [3.63, 3.8) is 0 Å². The fourth-order valence-corrected chi connectivity index (χ4v) is 4.48. The third-order valence-corrected chi connectivity index (χ3v) is 6.37.